The van der Waals surface area contributed by atoms with Crippen LogP contribution in [-0.4, -0.2) is 70.7 Å². The second kappa shape index (κ2) is 11.6. The van der Waals surface area contributed by atoms with Gasteiger partial charge in [-0.15, -0.1) is 0 Å². The van der Waals surface area contributed by atoms with Gasteiger partial charge in [0.15, 0.2) is 0 Å². The van der Waals surface area contributed by atoms with Crippen molar-refractivity contribution in [3.8, 4) is 11.1 Å². The summed E-state index contributed by atoms with van der Waals surface area (Å²) in [6, 6.07) is 26.0. The summed E-state index contributed by atoms with van der Waals surface area (Å²) in [5.74, 6) is -1.80. The quantitative estimate of drug-likeness (QED) is 0.403. The van der Waals surface area contributed by atoms with Gasteiger partial charge in [0.25, 0.3) is 0 Å². The Hall–Kier alpha value is -4.17. The number of nitrogens with zero attached hydrogens (tertiary/aromatic N) is 2. The Morgan fingerprint density at radius 2 is 1.57 bits per heavy atom. The van der Waals surface area contributed by atoms with Crippen molar-refractivity contribution in [1.29, 1.82) is 0 Å². The van der Waals surface area contributed by atoms with E-state index in [1.807, 2.05) is 61.5 Å². The van der Waals surface area contributed by atoms with Crippen molar-refractivity contribution in [3.63, 3.8) is 0 Å². The molecule has 8 heteroatoms. The molecule has 1 aliphatic carbocycles. The Balaban J connectivity index is 1.21. The number of fused-ring (bicyclic) bond motifs is 3. The number of carbonyl (C=O) groups is 3. The van der Waals surface area contributed by atoms with Crippen LogP contribution in [0.2, 0.25) is 0 Å². The summed E-state index contributed by atoms with van der Waals surface area (Å²) >= 11 is 0. The Kier molecular flexibility index (Phi) is 7.73. The molecule has 42 heavy (non-hydrogen) atoms. The number of carboxylic acids is 1. The van der Waals surface area contributed by atoms with Crippen LogP contribution in [0.5, 0.6) is 0 Å². The van der Waals surface area contributed by atoms with Gasteiger partial charge >= 0.3 is 12.1 Å². The molecule has 0 aromatic heterocycles. The molecule has 6 rings (SSSR count). The van der Waals surface area contributed by atoms with Gasteiger partial charge in [0.05, 0.1) is 5.92 Å². The van der Waals surface area contributed by atoms with E-state index in [1.54, 1.807) is 4.90 Å². The van der Waals surface area contributed by atoms with Crippen molar-refractivity contribution in [1.82, 2.24) is 15.1 Å². The molecule has 2 saturated heterocycles. The summed E-state index contributed by atoms with van der Waals surface area (Å²) < 4.78 is 5.87. The minimum atomic E-state index is -1.20. The largest absolute Gasteiger partial charge is 0.481 e. The third-order valence-corrected chi connectivity index (χ3v) is 9.23. The van der Waals surface area contributed by atoms with E-state index in [0.29, 0.717) is 45.4 Å². The van der Waals surface area contributed by atoms with Crippen LogP contribution in [0.4, 0.5) is 4.79 Å². The average molecular weight is 568 g/mol. The summed E-state index contributed by atoms with van der Waals surface area (Å²) in [6.07, 6.45) is 0.744. The molecule has 0 bridgehead atoms. The first kappa shape index (κ1) is 28.0. The SMILES string of the molecule is CCC1C(C(=O)O)CCN1C(=O)C1(NC(=O)OCC2c3ccccc3-c3ccccc32)CCN(Cc2ccccc2)C1. The molecule has 3 aliphatic rings. The zero-order chi connectivity index (χ0) is 29.3. The summed E-state index contributed by atoms with van der Waals surface area (Å²) in [6.45, 7) is 4.03. The number of likely N-dealkylation sites (tertiary alicyclic amines) is 2. The molecular formula is C34H37N3O5. The Bertz CT molecular complexity index is 1430. The van der Waals surface area contributed by atoms with E-state index < -0.39 is 29.6 Å². The van der Waals surface area contributed by atoms with Crippen LogP contribution in [0.25, 0.3) is 11.1 Å². The van der Waals surface area contributed by atoms with E-state index in [1.165, 1.54) is 0 Å². The van der Waals surface area contributed by atoms with Crippen LogP contribution in [0.15, 0.2) is 78.9 Å². The highest BCUT2D eigenvalue weighted by molar-refractivity contribution is 5.92. The first-order chi connectivity index (χ1) is 20.4. The van der Waals surface area contributed by atoms with Gasteiger partial charge < -0.3 is 20.1 Å². The van der Waals surface area contributed by atoms with Gasteiger partial charge in [0.2, 0.25) is 5.91 Å². The number of carbonyl (C=O) groups excluding carboxylic acids is 2. The number of amides is 2. The van der Waals surface area contributed by atoms with Crippen molar-refractivity contribution >= 4 is 18.0 Å². The highest BCUT2D eigenvalue weighted by Crippen LogP contribution is 2.44. The first-order valence-electron chi connectivity index (χ1n) is 14.8. The number of nitrogens with one attached hydrogen (secondary N) is 1. The van der Waals surface area contributed by atoms with Crippen LogP contribution in [0.1, 0.15) is 48.8 Å². The second-order valence-corrected chi connectivity index (χ2v) is 11.7. The fourth-order valence-electron chi connectivity index (χ4n) is 7.20. The summed E-state index contributed by atoms with van der Waals surface area (Å²) in [5, 5.41) is 12.8. The minimum absolute atomic E-state index is 0.0904. The molecule has 2 aliphatic heterocycles. The lowest BCUT2D eigenvalue weighted by atomic mass is 9.94. The highest BCUT2D eigenvalue weighted by Gasteiger charge is 2.52. The number of hydrogen-bond acceptors (Lipinski definition) is 5. The summed E-state index contributed by atoms with van der Waals surface area (Å²) in [4.78, 5) is 43.5. The molecule has 2 fully saturated rings. The standard InChI is InChI=1S/C34H37N3O5/c1-2-30-28(31(38)39)16-18-37(30)32(40)34(17-19-36(22-34)20-23-10-4-3-5-11-23)35-33(41)42-21-29-26-14-8-6-12-24(26)25-13-7-9-15-27(25)29/h3-15,28-30H,2,16-22H2,1H3,(H,35,41)(H,38,39). The minimum Gasteiger partial charge on any atom is -0.481 e. The third kappa shape index (κ3) is 5.15. The third-order valence-electron chi connectivity index (χ3n) is 9.23. The lowest BCUT2D eigenvalue weighted by Gasteiger charge is -2.36. The first-order valence-corrected chi connectivity index (χ1v) is 14.8. The normalized spacial score (nSPS) is 23.4. The number of ether oxygens (including phenoxy) is 1. The fraction of sp³-hybridized carbons (Fsp3) is 0.382. The molecule has 0 radical (unpaired) electrons. The number of rotatable bonds is 8. The lowest BCUT2D eigenvalue weighted by molar-refractivity contribution is -0.144. The van der Waals surface area contributed by atoms with Gasteiger partial charge in [-0.1, -0.05) is 85.8 Å². The maximum Gasteiger partial charge on any atom is 0.408 e. The van der Waals surface area contributed by atoms with Crippen molar-refractivity contribution < 1.29 is 24.2 Å². The lowest BCUT2D eigenvalue weighted by Crippen LogP contribution is -2.62. The molecule has 8 nitrogen and oxygen atoms in total. The topological polar surface area (TPSA) is 99.2 Å². The number of alkyl carbamates (subject to hydrolysis) is 1. The van der Waals surface area contributed by atoms with Gasteiger partial charge in [-0.3, -0.25) is 14.5 Å². The van der Waals surface area contributed by atoms with Gasteiger partial charge in [0, 0.05) is 38.1 Å². The maximum absolute atomic E-state index is 14.3. The van der Waals surface area contributed by atoms with Gasteiger partial charge in [0.1, 0.15) is 12.1 Å². The van der Waals surface area contributed by atoms with Crippen molar-refractivity contribution in [2.24, 2.45) is 5.92 Å². The van der Waals surface area contributed by atoms with E-state index in [9.17, 15) is 19.5 Å². The monoisotopic (exact) mass is 567 g/mol. The van der Waals surface area contributed by atoms with Crippen LogP contribution < -0.4 is 5.32 Å². The van der Waals surface area contributed by atoms with Gasteiger partial charge in [-0.25, -0.2) is 4.79 Å². The molecule has 2 heterocycles. The zero-order valence-electron chi connectivity index (χ0n) is 23.9. The molecule has 3 aromatic carbocycles. The van der Waals surface area contributed by atoms with Crippen molar-refractivity contribution in [2.75, 3.05) is 26.2 Å². The van der Waals surface area contributed by atoms with Gasteiger partial charge in [-0.2, -0.15) is 0 Å². The second-order valence-electron chi connectivity index (χ2n) is 11.7. The molecule has 2 amide bonds. The summed E-state index contributed by atoms with van der Waals surface area (Å²) in [7, 11) is 0. The van der Waals surface area contributed by atoms with E-state index >= 15 is 0 Å². The predicted molar refractivity (Wildman–Crippen MR) is 159 cm³/mol. The number of hydrogen-bond donors (Lipinski definition) is 2. The smallest absolute Gasteiger partial charge is 0.408 e. The van der Waals surface area contributed by atoms with E-state index in [4.69, 9.17) is 4.74 Å². The van der Waals surface area contributed by atoms with Crippen LogP contribution in [0.3, 0.4) is 0 Å². The Morgan fingerprint density at radius 3 is 2.21 bits per heavy atom. The van der Waals surface area contributed by atoms with Crippen LogP contribution in [0, 0.1) is 5.92 Å². The molecule has 0 spiro atoms. The molecule has 3 atom stereocenters. The molecular weight excluding hydrogens is 530 g/mol. The number of aliphatic carboxylic acids is 1. The van der Waals surface area contributed by atoms with Crippen LogP contribution >= 0.6 is 0 Å². The number of benzene rings is 3. The molecule has 218 valence electrons. The average Bonchev–Trinajstić information content (AvgIpc) is 3.71. The zero-order valence-corrected chi connectivity index (χ0v) is 23.9. The molecule has 3 aromatic rings. The Labute approximate surface area is 246 Å². The molecule has 0 saturated carbocycles. The van der Waals surface area contributed by atoms with Gasteiger partial charge in [-0.05, 0) is 47.1 Å². The Morgan fingerprint density at radius 1 is 0.929 bits per heavy atom. The van der Waals surface area contributed by atoms with Crippen LogP contribution in [-0.2, 0) is 20.9 Å². The molecule has 2 N–H and O–H groups in total. The maximum atomic E-state index is 14.3. The summed E-state index contributed by atoms with van der Waals surface area (Å²) in [5.41, 5.74) is 4.46. The van der Waals surface area contributed by atoms with E-state index in [0.717, 1.165) is 27.8 Å². The van der Waals surface area contributed by atoms with Crippen molar-refractivity contribution in [3.05, 3.63) is 95.6 Å². The van der Waals surface area contributed by atoms with Crippen molar-refractivity contribution in [2.45, 2.75) is 50.2 Å². The predicted octanol–water partition coefficient (Wildman–Crippen LogP) is 4.88. The number of carboxylic acid groups (broad SMARTS) is 1. The fourth-order valence-corrected chi connectivity index (χ4v) is 7.20. The van der Waals surface area contributed by atoms with E-state index in [2.05, 4.69) is 34.5 Å². The highest BCUT2D eigenvalue weighted by atomic mass is 16.5. The van der Waals surface area contributed by atoms with E-state index in [-0.39, 0.29) is 18.4 Å². The molecule has 3 unspecified atom stereocenters.